The largest absolute Gasteiger partial charge is 0.493 e. The normalized spacial score (nSPS) is 19.0. The van der Waals surface area contributed by atoms with Crippen LogP contribution in [0.3, 0.4) is 0 Å². The van der Waals surface area contributed by atoms with Crippen LogP contribution >= 0.6 is 0 Å². The molecule has 1 saturated heterocycles. The van der Waals surface area contributed by atoms with E-state index in [9.17, 15) is 13.2 Å². The highest BCUT2D eigenvalue weighted by atomic mass is 32.2. The number of amides is 2. The van der Waals surface area contributed by atoms with Crippen LogP contribution in [0.2, 0.25) is 0 Å². The zero-order valence-electron chi connectivity index (χ0n) is 14.3. The van der Waals surface area contributed by atoms with E-state index in [0.29, 0.717) is 32.5 Å². The van der Waals surface area contributed by atoms with Crippen LogP contribution in [0.1, 0.15) is 25.3 Å². The Morgan fingerprint density at radius 3 is 2.75 bits per heavy atom. The third-order valence-corrected chi connectivity index (χ3v) is 5.95. The summed E-state index contributed by atoms with van der Waals surface area (Å²) in [4.78, 5) is 13.9. The summed E-state index contributed by atoms with van der Waals surface area (Å²) in [6.45, 7) is 5.39. The van der Waals surface area contributed by atoms with Gasteiger partial charge in [0.25, 0.3) is 0 Å². The van der Waals surface area contributed by atoms with Crippen molar-refractivity contribution in [2.45, 2.75) is 32.7 Å². The molecule has 1 aromatic carbocycles. The van der Waals surface area contributed by atoms with E-state index < -0.39 is 9.84 Å². The van der Waals surface area contributed by atoms with Crippen molar-refractivity contribution in [1.29, 1.82) is 0 Å². The number of sulfone groups is 1. The lowest BCUT2D eigenvalue weighted by molar-refractivity contribution is 0.183. The predicted octanol–water partition coefficient (Wildman–Crippen LogP) is 1.98. The number of nitrogens with one attached hydrogen (secondary N) is 1. The van der Waals surface area contributed by atoms with E-state index in [1.165, 1.54) is 0 Å². The Hall–Kier alpha value is -1.76. The van der Waals surface area contributed by atoms with Gasteiger partial charge < -0.3 is 15.0 Å². The van der Waals surface area contributed by atoms with Crippen LogP contribution in [-0.4, -0.2) is 56.6 Å². The van der Waals surface area contributed by atoms with Crippen LogP contribution in [-0.2, 0) is 9.84 Å². The highest BCUT2D eigenvalue weighted by Gasteiger charge is 2.33. The highest BCUT2D eigenvalue weighted by Crippen LogP contribution is 2.18. The van der Waals surface area contributed by atoms with E-state index in [-0.39, 0.29) is 23.6 Å². The van der Waals surface area contributed by atoms with Gasteiger partial charge in [0, 0.05) is 19.1 Å². The van der Waals surface area contributed by atoms with Gasteiger partial charge in [-0.2, -0.15) is 0 Å². The molecule has 0 spiro atoms. The second-order valence-electron chi connectivity index (χ2n) is 6.04. The molecule has 134 valence electrons. The number of carbonyl (C=O) groups is 1. The van der Waals surface area contributed by atoms with E-state index in [0.717, 1.165) is 11.3 Å². The van der Waals surface area contributed by atoms with Crippen molar-refractivity contribution < 1.29 is 17.9 Å². The molecule has 1 heterocycles. The van der Waals surface area contributed by atoms with Gasteiger partial charge in [-0.1, -0.05) is 18.2 Å². The van der Waals surface area contributed by atoms with E-state index in [1.54, 1.807) is 4.90 Å². The lowest BCUT2D eigenvalue weighted by Crippen LogP contribution is -2.47. The molecule has 1 N–H and O–H groups in total. The molecule has 1 aliphatic heterocycles. The number of carbonyl (C=O) groups excluding carboxylic acids is 1. The van der Waals surface area contributed by atoms with E-state index in [4.69, 9.17) is 4.74 Å². The van der Waals surface area contributed by atoms with Crippen molar-refractivity contribution in [3.8, 4) is 5.75 Å². The molecule has 2 rings (SSSR count). The first-order valence-electron chi connectivity index (χ1n) is 8.36. The topological polar surface area (TPSA) is 75.7 Å². The Labute approximate surface area is 144 Å². The average molecular weight is 354 g/mol. The molecule has 1 aliphatic rings. The molecule has 1 aromatic rings. The van der Waals surface area contributed by atoms with Gasteiger partial charge in [0.1, 0.15) is 5.75 Å². The molecule has 0 aliphatic carbocycles. The van der Waals surface area contributed by atoms with Crippen molar-refractivity contribution in [2.75, 3.05) is 31.2 Å². The van der Waals surface area contributed by atoms with Crippen LogP contribution in [0.25, 0.3) is 0 Å². The Bertz CT molecular complexity index is 660. The predicted molar refractivity (Wildman–Crippen MR) is 94.1 cm³/mol. The zero-order chi connectivity index (χ0) is 17.6. The summed E-state index contributed by atoms with van der Waals surface area (Å²) >= 11 is 0. The SMILES string of the molecule is CCN(C(=O)NCCCOc1ccccc1C)C1CCS(=O)(=O)C1. The zero-order valence-corrected chi connectivity index (χ0v) is 15.1. The second kappa shape index (κ2) is 8.37. The third-order valence-electron chi connectivity index (χ3n) is 4.20. The van der Waals surface area contributed by atoms with Crippen molar-refractivity contribution in [3.05, 3.63) is 29.8 Å². The summed E-state index contributed by atoms with van der Waals surface area (Å²) in [7, 11) is -2.99. The number of para-hydroxylation sites is 1. The number of rotatable bonds is 7. The Balaban J connectivity index is 1.71. The van der Waals surface area contributed by atoms with E-state index >= 15 is 0 Å². The molecule has 2 amide bonds. The van der Waals surface area contributed by atoms with Gasteiger partial charge in [-0.3, -0.25) is 0 Å². The fourth-order valence-corrected chi connectivity index (χ4v) is 4.59. The maximum atomic E-state index is 12.2. The van der Waals surface area contributed by atoms with Gasteiger partial charge in [0.15, 0.2) is 9.84 Å². The number of hydrogen-bond donors (Lipinski definition) is 1. The minimum atomic E-state index is -2.99. The number of aryl methyl sites for hydroxylation is 1. The number of ether oxygens (including phenoxy) is 1. The number of urea groups is 1. The van der Waals surface area contributed by atoms with Crippen molar-refractivity contribution >= 4 is 15.9 Å². The maximum absolute atomic E-state index is 12.2. The molecule has 0 radical (unpaired) electrons. The lowest BCUT2D eigenvalue weighted by atomic mass is 10.2. The second-order valence-corrected chi connectivity index (χ2v) is 8.27. The van der Waals surface area contributed by atoms with Gasteiger partial charge in [-0.25, -0.2) is 13.2 Å². The van der Waals surface area contributed by atoms with Crippen LogP contribution in [0.4, 0.5) is 4.79 Å². The first-order valence-corrected chi connectivity index (χ1v) is 10.2. The molecular formula is C17H26N2O4S. The fraction of sp³-hybridized carbons (Fsp3) is 0.588. The molecule has 7 heteroatoms. The van der Waals surface area contributed by atoms with Crippen LogP contribution < -0.4 is 10.1 Å². The van der Waals surface area contributed by atoms with Crippen LogP contribution in [0, 0.1) is 6.92 Å². The minimum absolute atomic E-state index is 0.0741. The van der Waals surface area contributed by atoms with Gasteiger partial charge >= 0.3 is 6.03 Å². The van der Waals surface area contributed by atoms with Crippen LogP contribution in [0.5, 0.6) is 5.75 Å². The molecule has 24 heavy (non-hydrogen) atoms. The first-order chi connectivity index (χ1) is 11.4. The summed E-state index contributed by atoms with van der Waals surface area (Å²) in [5, 5.41) is 2.85. The van der Waals surface area contributed by atoms with E-state index in [1.807, 2.05) is 38.1 Å². The molecular weight excluding hydrogens is 328 g/mol. The van der Waals surface area contributed by atoms with Crippen molar-refractivity contribution in [3.63, 3.8) is 0 Å². The first kappa shape index (κ1) is 18.6. The molecule has 1 unspecified atom stereocenters. The van der Waals surface area contributed by atoms with E-state index in [2.05, 4.69) is 5.32 Å². The minimum Gasteiger partial charge on any atom is -0.493 e. The van der Waals surface area contributed by atoms with Gasteiger partial charge in [-0.05, 0) is 38.3 Å². The van der Waals surface area contributed by atoms with Gasteiger partial charge in [-0.15, -0.1) is 0 Å². The summed E-state index contributed by atoms with van der Waals surface area (Å²) < 4.78 is 28.8. The molecule has 0 bridgehead atoms. The van der Waals surface area contributed by atoms with Crippen molar-refractivity contribution in [1.82, 2.24) is 10.2 Å². The quantitative estimate of drug-likeness (QED) is 0.760. The Morgan fingerprint density at radius 1 is 1.38 bits per heavy atom. The average Bonchev–Trinajstić information content (AvgIpc) is 2.89. The summed E-state index contributed by atoms with van der Waals surface area (Å²) in [6, 6.07) is 7.40. The molecule has 6 nitrogen and oxygen atoms in total. The summed E-state index contributed by atoms with van der Waals surface area (Å²) in [6.07, 6.45) is 1.22. The number of nitrogens with zero attached hydrogens (tertiary/aromatic N) is 1. The summed E-state index contributed by atoms with van der Waals surface area (Å²) in [5.41, 5.74) is 1.08. The van der Waals surface area contributed by atoms with Gasteiger partial charge in [0.2, 0.25) is 0 Å². The monoisotopic (exact) mass is 354 g/mol. The molecule has 0 aromatic heterocycles. The van der Waals surface area contributed by atoms with Crippen molar-refractivity contribution in [2.24, 2.45) is 0 Å². The number of hydrogen-bond acceptors (Lipinski definition) is 4. The molecule has 0 saturated carbocycles. The molecule has 1 atom stereocenters. The van der Waals surface area contributed by atoms with Gasteiger partial charge in [0.05, 0.1) is 18.1 Å². The molecule has 1 fully saturated rings. The Morgan fingerprint density at radius 2 is 2.12 bits per heavy atom. The summed E-state index contributed by atoms with van der Waals surface area (Å²) in [5.74, 6) is 1.10. The highest BCUT2D eigenvalue weighted by molar-refractivity contribution is 7.91. The maximum Gasteiger partial charge on any atom is 0.317 e. The van der Waals surface area contributed by atoms with Crippen LogP contribution in [0.15, 0.2) is 24.3 Å². The fourth-order valence-electron chi connectivity index (χ4n) is 2.86. The number of benzene rings is 1. The smallest absolute Gasteiger partial charge is 0.317 e. The lowest BCUT2D eigenvalue weighted by Gasteiger charge is -2.27. The Kier molecular flexibility index (Phi) is 6.48. The standard InChI is InChI=1S/C17H26N2O4S/c1-3-19(15-9-12-24(21,22)13-15)17(20)18-10-6-11-23-16-8-5-4-7-14(16)2/h4-5,7-8,15H,3,6,9-13H2,1-2H3,(H,18,20). The third kappa shape index (κ3) is 5.12.